The maximum atomic E-state index is 12.7. The summed E-state index contributed by atoms with van der Waals surface area (Å²) in [7, 11) is -3.83. The molecule has 1 unspecified atom stereocenters. The third-order valence-electron chi connectivity index (χ3n) is 5.09. The summed E-state index contributed by atoms with van der Waals surface area (Å²) < 4.78 is 29.9. The van der Waals surface area contributed by atoms with Crippen LogP contribution < -0.4 is 10.5 Å². The summed E-state index contributed by atoms with van der Waals surface area (Å²) >= 11 is 1.26. The molecule has 34 heavy (non-hydrogen) atoms. The molecular weight excluding hydrogens is 476 g/mol. The number of carbonyl (C=O) groups is 2. The van der Waals surface area contributed by atoms with Crippen LogP contribution in [0.2, 0.25) is 0 Å². The summed E-state index contributed by atoms with van der Waals surface area (Å²) in [5, 5.41) is 13.1. The summed E-state index contributed by atoms with van der Waals surface area (Å²) in [5.41, 5.74) is 2.24. The van der Waals surface area contributed by atoms with Crippen LogP contribution in [-0.2, 0) is 26.1 Å². The van der Waals surface area contributed by atoms with Crippen molar-refractivity contribution in [3.63, 3.8) is 0 Å². The number of ether oxygens (including phenoxy) is 1. The van der Waals surface area contributed by atoms with Gasteiger partial charge < -0.3 is 10.1 Å². The Morgan fingerprint density at radius 3 is 2.47 bits per heavy atom. The van der Waals surface area contributed by atoms with E-state index in [9.17, 15) is 18.0 Å². The van der Waals surface area contributed by atoms with Gasteiger partial charge in [0.25, 0.3) is 5.91 Å². The number of anilines is 1. The van der Waals surface area contributed by atoms with Crippen LogP contribution in [0.15, 0.2) is 65.6 Å². The first-order chi connectivity index (χ1) is 16.1. The molecule has 0 aliphatic rings. The van der Waals surface area contributed by atoms with Gasteiger partial charge >= 0.3 is 5.97 Å². The van der Waals surface area contributed by atoms with Gasteiger partial charge in [-0.15, -0.1) is 11.3 Å². The molecule has 11 heteroatoms. The minimum atomic E-state index is -3.83. The third-order valence-corrected chi connectivity index (χ3v) is 7.14. The minimum absolute atomic E-state index is 0.0733. The predicted molar refractivity (Wildman–Crippen MR) is 129 cm³/mol. The van der Waals surface area contributed by atoms with Crippen molar-refractivity contribution in [3.8, 4) is 0 Å². The van der Waals surface area contributed by atoms with Gasteiger partial charge in [-0.1, -0.05) is 30.3 Å². The van der Waals surface area contributed by atoms with Gasteiger partial charge in [-0.2, -0.15) is 5.10 Å². The Bertz CT molecular complexity index is 1460. The molecule has 9 nitrogen and oxygen atoms in total. The number of hydrogen-bond donors (Lipinski definition) is 2. The highest BCUT2D eigenvalue weighted by Gasteiger charge is 2.22. The normalized spacial score (nSPS) is 12.4. The van der Waals surface area contributed by atoms with E-state index in [1.165, 1.54) is 42.5 Å². The molecule has 0 aliphatic heterocycles. The lowest BCUT2D eigenvalue weighted by atomic mass is 10.2. The molecule has 0 bridgehead atoms. The number of benzene rings is 2. The van der Waals surface area contributed by atoms with Gasteiger partial charge in [0.05, 0.1) is 17.1 Å². The molecule has 0 aliphatic carbocycles. The Morgan fingerprint density at radius 2 is 1.82 bits per heavy atom. The van der Waals surface area contributed by atoms with E-state index in [0.29, 0.717) is 17.1 Å². The summed E-state index contributed by atoms with van der Waals surface area (Å²) in [4.78, 5) is 26.3. The van der Waals surface area contributed by atoms with Crippen LogP contribution >= 0.6 is 11.3 Å². The van der Waals surface area contributed by atoms with Gasteiger partial charge in [0, 0.05) is 11.1 Å². The number of aromatic nitrogens is 2. The highest BCUT2D eigenvalue weighted by molar-refractivity contribution is 7.89. The predicted octanol–water partition coefficient (Wildman–Crippen LogP) is 3.29. The van der Waals surface area contributed by atoms with Gasteiger partial charge in [0.15, 0.2) is 6.10 Å². The van der Waals surface area contributed by atoms with Gasteiger partial charge in [0.1, 0.15) is 9.71 Å². The lowest BCUT2D eigenvalue weighted by Gasteiger charge is -2.13. The minimum Gasteiger partial charge on any atom is -0.448 e. The van der Waals surface area contributed by atoms with Crippen molar-refractivity contribution in [1.82, 2.24) is 9.78 Å². The van der Waals surface area contributed by atoms with E-state index in [1.807, 2.05) is 41.9 Å². The van der Waals surface area contributed by atoms with Crippen molar-refractivity contribution < 1.29 is 22.7 Å². The SMILES string of the molecule is Cc1nn(Cc2ccccc2)c2sc(C(=O)OC(C)C(=O)Nc3ccc(S(N)(=O)=O)cc3)cc12. The van der Waals surface area contributed by atoms with Crippen molar-refractivity contribution >= 4 is 49.1 Å². The first-order valence-electron chi connectivity index (χ1n) is 10.3. The molecule has 0 radical (unpaired) electrons. The number of primary sulfonamides is 1. The summed E-state index contributed by atoms with van der Waals surface area (Å²) in [6, 6.07) is 17.0. The number of nitrogens with one attached hydrogen (secondary N) is 1. The van der Waals surface area contributed by atoms with Crippen LogP contribution in [0.4, 0.5) is 5.69 Å². The maximum absolute atomic E-state index is 12.7. The van der Waals surface area contributed by atoms with Crippen molar-refractivity contribution in [2.24, 2.45) is 5.14 Å². The molecule has 4 rings (SSSR count). The number of nitrogens with two attached hydrogens (primary N) is 1. The zero-order valence-electron chi connectivity index (χ0n) is 18.4. The van der Waals surface area contributed by atoms with Crippen molar-refractivity contribution in [2.75, 3.05) is 5.32 Å². The lowest BCUT2D eigenvalue weighted by Crippen LogP contribution is -2.29. The first kappa shape index (κ1) is 23.6. The third kappa shape index (κ3) is 5.16. The van der Waals surface area contributed by atoms with E-state index < -0.39 is 28.0 Å². The molecule has 0 fully saturated rings. The molecule has 0 saturated heterocycles. The standard InChI is InChI=1S/C23H22N4O5S2/c1-14-19-12-20(33-22(19)27(26-14)13-16-6-4-3-5-7-16)23(29)32-15(2)21(28)25-17-8-10-18(11-9-17)34(24,30)31/h3-12,15H,13H2,1-2H3,(H,25,28)(H2,24,30,31). The number of esters is 1. The Morgan fingerprint density at radius 1 is 1.15 bits per heavy atom. The second kappa shape index (κ2) is 9.37. The van der Waals surface area contributed by atoms with Crippen molar-refractivity contribution in [2.45, 2.75) is 31.4 Å². The maximum Gasteiger partial charge on any atom is 0.349 e. The highest BCUT2D eigenvalue weighted by Crippen LogP contribution is 2.29. The van der Waals surface area contributed by atoms with Crippen LogP contribution in [-0.4, -0.2) is 36.2 Å². The van der Waals surface area contributed by atoms with E-state index in [0.717, 1.165) is 21.5 Å². The molecular formula is C23H22N4O5S2. The highest BCUT2D eigenvalue weighted by atomic mass is 32.2. The van der Waals surface area contributed by atoms with Gasteiger partial charge in [-0.3, -0.25) is 9.48 Å². The molecule has 0 saturated carbocycles. The average molecular weight is 499 g/mol. The molecule has 1 atom stereocenters. The van der Waals surface area contributed by atoms with E-state index in [4.69, 9.17) is 9.88 Å². The molecule has 4 aromatic rings. The zero-order valence-corrected chi connectivity index (χ0v) is 20.0. The number of aryl methyl sites for hydroxylation is 1. The van der Waals surface area contributed by atoms with Crippen LogP contribution in [0.5, 0.6) is 0 Å². The number of fused-ring (bicyclic) bond motifs is 1. The van der Waals surface area contributed by atoms with E-state index in [-0.39, 0.29) is 4.90 Å². The molecule has 2 heterocycles. The number of nitrogens with zero attached hydrogens (tertiary/aromatic N) is 2. The Kier molecular flexibility index (Phi) is 6.51. The largest absolute Gasteiger partial charge is 0.448 e. The molecule has 0 spiro atoms. The van der Waals surface area contributed by atoms with Gasteiger partial charge in [0.2, 0.25) is 10.0 Å². The van der Waals surface area contributed by atoms with Crippen LogP contribution in [0.1, 0.15) is 27.9 Å². The Balaban J connectivity index is 1.44. The first-order valence-corrected chi connectivity index (χ1v) is 12.6. The smallest absolute Gasteiger partial charge is 0.349 e. The lowest BCUT2D eigenvalue weighted by molar-refractivity contribution is -0.123. The van der Waals surface area contributed by atoms with Crippen LogP contribution in [0, 0.1) is 6.92 Å². The molecule has 2 aromatic carbocycles. The van der Waals surface area contributed by atoms with E-state index in [1.54, 1.807) is 6.07 Å². The quantitative estimate of drug-likeness (QED) is 0.376. The summed E-state index contributed by atoms with van der Waals surface area (Å²) in [5.74, 6) is -1.16. The van der Waals surface area contributed by atoms with E-state index in [2.05, 4.69) is 10.4 Å². The number of thiophene rings is 1. The zero-order chi connectivity index (χ0) is 24.5. The second-order valence-electron chi connectivity index (χ2n) is 7.66. The monoisotopic (exact) mass is 498 g/mol. The van der Waals surface area contributed by atoms with Crippen molar-refractivity contribution in [3.05, 3.63) is 76.8 Å². The fourth-order valence-corrected chi connectivity index (χ4v) is 4.88. The van der Waals surface area contributed by atoms with Gasteiger partial charge in [-0.25, -0.2) is 18.4 Å². The Labute approximate surface area is 200 Å². The molecule has 2 aromatic heterocycles. The van der Waals surface area contributed by atoms with E-state index >= 15 is 0 Å². The summed E-state index contributed by atoms with van der Waals surface area (Å²) in [6.45, 7) is 3.91. The Hall–Kier alpha value is -3.54. The van der Waals surface area contributed by atoms with Crippen LogP contribution in [0.25, 0.3) is 10.2 Å². The van der Waals surface area contributed by atoms with Gasteiger partial charge in [-0.05, 0) is 49.7 Å². The molecule has 3 N–H and O–H groups in total. The second-order valence-corrected chi connectivity index (χ2v) is 10.3. The molecule has 176 valence electrons. The average Bonchev–Trinajstić information content (AvgIpc) is 3.35. The number of amides is 1. The number of carbonyl (C=O) groups excluding carboxylic acids is 2. The number of sulfonamides is 1. The topological polar surface area (TPSA) is 133 Å². The number of hydrogen-bond acceptors (Lipinski definition) is 7. The van der Waals surface area contributed by atoms with Crippen molar-refractivity contribution in [1.29, 1.82) is 0 Å². The fraction of sp³-hybridized carbons (Fsp3) is 0.174. The molecule has 1 amide bonds. The summed E-state index contributed by atoms with van der Waals surface area (Å²) in [6.07, 6.45) is -1.07. The van der Waals surface area contributed by atoms with Crippen LogP contribution in [0.3, 0.4) is 0 Å². The fourth-order valence-electron chi connectivity index (χ4n) is 3.32. The number of rotatable bonds is 7.